The van der Waals surface area contributed by atoms with E-state index in [1.807, 2.05) is 38.2 Å². The summed E-state index contributed by atoms with van der Waals surface area (Å²) in [6.07, 6.45) is 1.49. The van der Waals surface area contributed by atoms with Gasteiger partial charge in [-0.05, 0) is 30.7 Å². The summed E-state index contributed by atoms with van der Waals surface area (Å²) >= 11 is 3.44. The zero-order valence-corrected chi connectivity index (χ0v) is 12.8. The predicted octanol–water partition coefficient (Wildman–Crippen LogP) is 3.25. The molecule has 0 fully saturated rings. The number of nitrogens with one attached hydrogen (secondary N) is 1. The molecule has 0 aliphatic rings. The van der Waals surface area contributed by atoms with E-state index in [4.69, 9.17) is 5.26 Å². The van der Waals surface area contributed by atoms with E-state index in [1.165, 1.54) is 6.33 Å². The normalized spacial score (nSPS) is 9.90. The van der Waals surface area contributed by atoms with Gasteiger partial charge in [0.25, 0.3) is 0 Å². The second-order valence-electron chi connectivity index (χ2n) is 4.36. The van der Waals surface area contributed by atoms with E-state index in [0.717, 1.165) is 15.7 Å². The Labute approximate surface area is 126 Å². The van der Waals surface area contributed by atoms with E-state index in [-0.39, 0.29) is 6.54 Å². The number of benzene rings is 1. The van der Waals surface area contributed by atoms with Crippen LogP contribution in [0.1, 0.15) is 5.56 Å². The Kier molecular flexibility index (Phi) is 4.53. The van der Waals surface area contributed by atoms with E-state index in [0.29, 0.717) is 11.6 Å². The van der Waals surface area contributed by atoms with Gasteiger partial charge in [-0.3, -0.25) is 0 Å². The second kappa shape index (κ2) is 6.35. The lowest BCUT2D eigenvalue weighted by Gasteiger charge is -2.15. The first-order valence-corrected chi connectivity index (χ1v) is 6.83. The smallest absolute Gasteiger partial charge is 0.135 e. The number of nitriles is 1. The molecule has 1 aromatic carbocycles. The highest BCUT2D eigenvalue weighted by Gasteiger charge is 2.05. The van der Waals surface area contributed by atoms with Crippen LogP contribution in [0, 0.1) is 18.3 Å². The third-order valence-electron chi connectivity index (χ3n) is 2.80. The summed E-state index contributed by atoms with van der Waals surface area (Å²) in [5, 5.41) is 12.0. The van der Waals surface area contributed by atoms with Crippen LogP contribution in [0.2, 0.25) is 0 Å². The minimum atomic E-state index is 0.285. The van der Waals surface area contributed by atoms with Gasteiger partial charge in [0.15, 0.2) is 0 Å². The zero-order valence-electron chi connectivity index (χ0n) is 11.3. The van der Waals surface area contributed by atoms with E-state index in [2.05, 4.69) is 37.3 Å². The number of hydrogen-bond donors (Lipinski definition) is 1. The van der Waals surface area contributed by atoms with Crippen LogP contribution in [0.25, 0.3) is 0 Å². The van der Waals surface area contributed by atoms with Crippen molar-refractivity contribution in [2.75, 3.05) is 23.8 Å². The number of anilines is 3. The minimum Gasteiger partial charge on any atom is -0.346 e. The number of nitrogens with zero attached hydrogens (tertiary/aromatic N) is 4. The van der Waals surface area contributed by atoms with Crippen LogP contribution < -0.4 is 10.2 Å². The molecular formula is C14H14BrN5. The zero-order chi connectivity index (χ0) is 14.5. The molecule has 6 heteroatoms. The van der Waals surface area contributed by atoms with Crippen molar-refractivity contribution in [2.24, 2.45) is 0 Å². The SMILES string of the molecule is Cc1cc(Br)ccc1Nc1cc(N(C)CC#N)ncn1. The lowest BCUT2D eigenvalue weighted by Crippen LogP contribution is -2.18. The third-order valence-corrected chi connectivity index (χ3v) is 3.30. The molecule has 0 bridgehead atoms. The van der Waals surface area contributed by atoms with Gasteiger partial charge in [-0.2, -0.15) is 5.26 Å². The van der Waals surface area contributed by atoms with Crippen molar-refractivity contribution in [1.29, 1.82) is 5.26 Å². The van der Waals surface area contributed by atoms with Crippen LogP contribution in [0.4, 0.5) is 17.3 Å². The van der Waals surface area contributed by atoms with Gasteiger partial charge in [0.05, 0.1) is 6.07 Å². The Morgan fingerprint density at radius 1 is 1.35 bits per heavy atom. The molecule has 0 spiro atoms. The van der Waals surface area contributed by atoms with Crippen LogP contribution in [0.3, 0.4) is 0 Å². The molecule has 1 aromatic heterocycles. The highest BCUT2D eigenvalue weighted by molar-refractivity contribution is 9.10. The summed E-state index contributed by atoms with van der Waals surface area (Å²) in [6.45, 7) is 2.31. The Balaban J connectivity index is 2.21. The van der Waals surface area contributed by atoms with Gasteiger partial charge in [0.2, 0.25) is 0 Å². The lowest BCUT2D eigenvalue weighted by molar-refractivity contribution is 0.981. The van der Waals surface area contributed by atoms with Crippen LogP contribution >= 0.6 is 15.9 Å². The second-order valence-corrected chi connectivity index (χ2v) is 5.28. The third kappa shape index (κ3) is 3.45. The van der Waals surface area contributed by atoms with E-state index in [9.17, 15) is 0 Å². The number of rotatable bonds is 4. The molecule has 0 atom stereocenters. The highest BCUT2D eigenvalue weighted by atomic mass is 79.9. The molecule has 1 heterocycles. The minimum absolute atomic E-state index is 0.285. The summed E-state index contributed by atoms with van der Waals surface area (Å²) in [5.41, 5.74) is 2.10. The Morgan fingerprint density at radius 2 is 2.15 bits per heavy atom. The first kappa shape index (κ1) is 14.3. The van der Waals surface area contributed by atoms with Gasteiger partial charge in [0, 0.05) is 23.3 Å². The maximum absolute atomic E-state index is 8.71. The Hall–Kier alpha value is -2.13. The van der Waals surface area contributed by atoms with Crippen LogP contribution in [-0.4, -0.2) is 23.6 Å². The maximum atomic E-state index is 8.71. The summed E-state index contributed by atoms with van der Waals surface area (Å²) in [6, 6.07) is 9.90. The van der Waals surface area contributed by atoms with Crippen molar-refractivity contribution in [1.82, 2.24) is 9.97 Å². The van der Waals surface area contributed by atoms with Crippen molar-refractivity contribution in [3.05, 3.63) is 40.6 Å². The average molecular weight is 332 g/mol. The van der Waals surface area contributed by atoms with Crippen molar-refractivity contribution in [3.8, 4) is 6.07 Å². The molecule has 1 N–H and O–H groups in total. The Morgan fingerprint density at radius 3 is 2.85 bits per heavy atom. The summed E-state index contributed by atoms with van der Waals surface area (Å²) < 4.78 is 1.04. The molecule has 102 valence electrons. The van der Waals surface area contributed by atoms with Gasteiger partial charge in [-0.15, -0.1) is 0 Å². The summed E-state index contributed by atoms with van der Waals surface area (Å²) in [5.74, 6) is 1.41. The molecule has 20 heavy (non-hydrogen) atoms. The molecule has 0 amide bonds. The molecule has 2 aromatic rings. The molecule has 0 saturated heterocycles. The molecule has 0 radical (unpaired) electrons. The standard InChI is InChI=1S/C14H14BrN5/c1-10-7-11(15)3-4-12(10)19-13-8-14(18-9-17-13)20(2)6-5-16/h3-4,7-9H,6H2,1-2H3,(H,17,18,19). The monoisotopic (exact) mass is 331 g/mol. The molecule has 2 rings (SSSR count). The number of hydrogen-bond acceptors (Lipinski definition) is 5. The molecule has 0 aliphatic carbocycles. The average Bonchev–Trinajstić information content (AvgIpc) is 2.43. The Bertz CT molecular complexity index is 650. The highest BCUT2D eigenvalue weighted by Crippen LogP contribution is 2.23. The summed E-state index contributed by atoms with van der Waals surface area (Å²) in [7, 11) is 1.82. The number of halogens is 1. The van der Waals surface area contributed by atoms with Crippen molar-refractivity contribution in [2.45, 2.75) is 6.92 Å². The molecule has 0 unspecified atom stereocenters. The fourth-order valence-corrected chi connectivity index (χ4v) is 2.19. The van der Waals surface area contributed by atoms with Crippen LogP contribution in [0.5, 0.6) is 0 Å². The predicted molar refractivity (Wildman–Crippen MR) is 83.1 cm³/mol. The number of aromatic nitrogens is 2. The lowest BCUT2D eigenvalue weighted by atomic mass is 10.2. The molecule has 0 aliphatic heterocycles. The first-order valence-electron chi connectivity index (χ1n) is 6.03. The van der Waals surface area contributed by atoms with Gasteiger partial charge in [0.1, 0.15) is 24.5 Å². The number of aryl methyl sites for hydroxylation is 1. The van der Waals surface area contributed by atoms with Gasteiger partial charge in [-0.25, -0.2) is 9.97 Å². The van der Waals surface area contributed by atoms with Gasteiger partial charge >= 0.3 is 0 Å². The van der Waals surface area contributed by atoms with Crippen LogP contribution in [-0.2, 0) is 0 Å². The largest absolute Gasteiger partial charge is 0.346 e. The van der Waals surface area contributed by atoms with Crippen molar-refractivity contribution >= 4 is 33.3 Å². The fourth-order valence-electron chi connectivity index (χ4n) is 1.72. The van der Waals surface area contributed by atoms with E-state index in [1.54, 1.807) is 4.90 Å². The molecule has 0 saturated carbocycles. The van der Waals surface area contributed by atoms with Crippen LogP contribution in [0.15, 0.2) is 35.1 Å². The van der Waals surface area contributed by atoms with Gasteiger partial charge in [-0.1, -0.05) is 15.9 Å². The van der Waals surface area contributed by atoms with Gasteiger partial charge < -0.3 is 10.2 Å². The topological polar surface area (TPSA) is 64.8 Å². The van der Waals surface area contributed by atoms with Crippen molar-refractivity contribution < 1.29 is 0 Å². The van der Waals surface area contributed by atoms with E-state index >= 15 is 0 Å². The summed E-state index contributed by atoms with van der Waals surface area (Å²) in [4.78, 5) is 10.1. The molecular weight excluding hydrogens is 318 g/mol. The van der Waals surface area contributed by atoms with Crippen molar-refractivity contribution in [3.63, 3.8) is 0 Å². The first-order chi connectivity index (χ1) is 9.60. The maximum Gasteiger partial charge on any atom is 0.135 e. The molecule has 5 nitrogen and oxygen atoms in total. The quantitative estimate of drug-likeness (QED) is 0.871. The fraction of sp³-hybridized carbons (Fsp3) is 0.214. The van der Waals surface area contributed by atoms with E-state index < -0.39 is 0 Å².